The normalized spacial score (nSPS) is 17.0. The molecular formula is C17H21N3O. The number of carbonyl (C=O) groups is 1. The van der Waals surface area contributed by atoms with Gasteiger partial charge in [0.25, 0.3) is 5.91 Å². The lowest BCUT2D eigenvalue weighted by Gasteiger charge is -2.27. The zero-order valence-corrected chi connectivity index (χ0v) is 12.1. The highest BCUT2D eigenvalue weighted by atomic mass is 16.1. The van der Waals surface area contributed by atoms with Gasteiger partial charge in [0.2, 0.25) is 0 Å². The van der Waals surface area contributed by atoms with Crippen LogP contribution in [-0.4, -0.2) is 24.0 Å². The molecule has 1 aliphatic rings. The number of pyridine rings is 1. The first kappa shape index (κ1) is 14.0. The molecule has 1 aromatic heterocycles. The molecule has 1 saturated carbocycles. The van der Waals surface area contributed by atoms with E-state index in [0.29, 0.717) is 18.8 Å². The lowest BCUT2D eigenvalue weighted by molar-refractivity contribution is 0.0929. The van der Waals surface area contributed by atoms with Gasteiger partial charge in [-0.25, -0.2) is 0 Å². The van der Waals surface area contributed by atoms with Gasteiger partial charge in [-0.15, -0.1) is 0 Å². The van der Waals surface area contributed by atoms with E-state index < -0.39 is 0 Å². The number of hydrogen-bond acceptors (Lipinski definition) is 3. The lowest BCUT2D eigenvalue weighted by Crippen LogP contribution is -2.41. The quantitative estimate of drug-likeness (QED) is 0.905. The number of nitrogens with one attached hydrogen (secondary N) is 1. The number of fused-ring (bicyclic) bond motifs is 1. The third-order valence-corrected chi connectivity index (χ3v) is 4.61. The number of nitrogens with two attached hydrogens (primary N) is 1. The predicted molar refractivity (Wildman–Crippen MR) is 84.0 cm³/mol. The fourth-order valence-corrected chi connectivity index (χ4v) is 3.23. The topological polar surface area (TPSA) is 68.0 Å². The fraction of sp³-hybridized carbons (Fsp3) is 0.412. The Morgan fingerprint density at radius 2 is 2.00 bits per heavy atom. The van der Waals surface area contributed by atoms with E-state index in [0.717, 1.165) is 23.6 Å². The standard InChI is InChI=1S/C17H21N3O/c18-11-17(8-3-4-9-17)12-20-16(21)15-14-6-2-1-5-13(14)7-10-19-15/h1-2,5-7,10H,3-4,8-9,11-12,18H2,(H,20,21). The number of aromatic nitrogens is 1. The van der Waals surface area contributed by atoms with Crippen LogP contribution in [0.25, 0.3) is 10.8 Å². The molecule has 1 amide bonds. The van der Waals surface area contributed by atoms with Crippen LogP contribution in [0.4, 0.5) is 0 Å². The van der Waals surface area contributed by atoms with Crippen LogP contribution in [0.2, 0.25) is 0 Å². The third-order valence-electron chi connectivity index (χ3n) is 4.61. The molecule has 1 heterocycles. The molecule has 1 aliphatic carbocycles. The van der Waals surface area contributed by atoms with Crippen LogP contribution < -0.4 is 11.1 Å². The maximum absolute atomic E-state index is 12.5. The second kappa shape index (κ2) is 5.82. The highest BCUT2D eigenvalue weighted by molar-refractivity contribution is 6.05. The van der Waals surface area contributed by atoms with E-state index in [1.54, 1.807) is 6.20 Å². The van der Waals surface area contributed by atoms with Gasteiger partial charge in [-0.1, -0.05) is 37.1 Å². The van der Waals surface area contributed by atoms with Crippen molar-refractivity contribution in [1.29, 1.82) is 0 Å². The van der Waals surface area contributed by atoms with Crippen LogP contribution in [0.15, 0.2) is 36.5 Å². The van der Waals surface area contributed by atoms with Crippen LogP contribution in [-0.2, 0) is 0 Å². The fourth-order valence-electron chi connectivity index (χ4n) is 3.23. The average molecular weight is 283 g/mol. The summed E-state index contributed by atoms with van der Waals surface area (Å²) in [4.78, 5) is 16.7. The minimum Gasteiger partial charge on any atom is -0.350 e. The van der Waals surface area contributed by atoms with E-state index in [9.17, 15) is 4.79 Å². The largest absolute Gasteiger partial charge is 0.350 e. The Hall–Kier alpha value is -1.94. The summed E-state index contributed by atoms with van der Waals surface area (Å²) in [6.07, 6.45) is 6.31. The second-order valence-corrected chi connectivity index (χ2v) is 5.97. The van der Waals surface area contributed by atoms with E-state index in [-0.39, 0.29) is 11.3 Å². The molecule has 1 aromatic carbocycles. The van der Waals surface area contributed by atoms with E-state index in [1.807, 2.05) is 30.3 Å². The number of amides is 1. The highest BCUT2D eigenvalue weighted by Crippen LogP contribution is 2.36. The SMILES string of the molecule is NCC1(CNC(=O)c2nccc3ccccc23)CCCC1. The van der Waals surface area contributed by atoms with Gasteiger partial charge in [-0.05, 0) is 36.3 Å². The lowest BCUT2D eigenvalue weighted by atomic mass is 9.86. The van der Waals surface area contributed by atoms with Gasteiger partial charge in [0.1, 0.15) is 5.69 Å². The zero-order valence-electron chi connectivity index (χ0n) is 12.1. The Morgan fingerprint density at radius 3 is 2.76 bits per heavy atom. The van der Waals surface area contributed by atoms with Crippen molar-refractivity contribution in [1.82, 2.24) is 10.3 Å². The van der Waals surface area contributed by atoms with Crippen molar-refractivity contribution in [3.63, 3.8) is 0 Å². The summed E-state index contributed by atoms with van der Waals surface area (Å²) in [5, 5.41) is 4.97. The molecule has 4 nitrogen and oxygen atoms in total. The summed E-state index contributed by atoms with van der Waals surface area (Å²) in [5.74, 6) is -0.105. The minimum absolute atomic E-state index is 0.0836. The van der Waals surface area contributed by atoms with Crippen molar-refractivity contribution in [3.05, 3.63) is 42.2 Å². The van der Waals surface area contributed by atoms with Crippen molar-refractivity contribution in [2.45, 2.75) is 25.7 Å². The highest BCUT2D eigenvalue weighted by Gasteiger charge is 2.32. The summed E-state index contributed by atoms with van der Waals surface area (Å²) in [5.41, 5.74) is 6.50. The number of nitrogens with zero attached hydrogens (tertiary/aromatic N) is 1. The summed E-state index contributed by atoms with van der Waals surface area (Å²) in [6.45, 7) is 1.28. The molecule has 0 atom stereocenters. The van der Waals surface area contributed by atoms with Gasteiger partial charge in [-0.2, -0.15) is 0 Å². The minimum atomic E-state index is -0.105. The summed E-state index contributed by atoms with van der Waals surface area (Å²) in [6, 6.07) is 9.74. The average Bonchev–Trinajstić information content (AvgIpc) is 3.01. The van der Waals surface area contributed by atoms with Crippen molar-refractivity contribution >= 4 is 16.7 Å². The first-order valence-electron chi connectivity index (χ1n) is 7.56. The van der Waals surface area contributed by atoms with Crippen LogP contribution >= 0.6 is 0 Å². The molecule has 3 N–H and O–H groups in total. The Kier molecular flexibility index (Phi) is 3.88. The maximum atomic E-state index is 12.5. The third kappa shape index (κ3) is 2.76. The van der Waals surface area contributed by atoms with E-state index in [1.165, 1.54) is 12.8 Å². The molecule has 110 valence electrons. The Morgan fingerprint density at radius 1 is 1.24 bits per heavy atom. The van der Waals surface area contributed by atoms with E-state index in [4.69, 9.17) is 5.73 Å². The first-order valence-corrected chi connectivity index (χ1v) is 7.56. The van der Waals surface area contributed by atoms with Gasteiger partial charge >= 0.3 is 0 Å². The van der Waals surface area contributed by atoms with Gasteiger partial charge in [-0.3, -0.25) is 9.78 Å². The maximum Gasteiger partial charge on any atom is 0.270 e. The Balaban J connectivity index is 1.78. The Labute approximate surface area is 124 Å². The second-order valence-electron chi connectivity index (χ2n) is 5.97. The van der Waals surface area contributed by atoms with Crippen LogP contribution in [0.5, 0.6) is 0 Å². The van der Waals surface area contributed by atoms with Gasteiger partial charge in [0.05, 0.1) is 0 Å². The van der Waals surface area contributed by atoms with Crippen LogP contribution in [0.1, 0.15) is 36.2 Å². The molecule has 0 radical (unpaired) electrons. The molecule has 0 unspecified atom stereocenters. The molecule has 2 aromatic rings. The summed E-state index contributed by atoms with van der Waals surface area (Å²) >= 11 is 0. The van der Waals surface area contributed by atoms with Gasteiger partial charge in [0, 0.05) is 18.1 Å². The van der Waals surface area contributed by atoms with Crippen molar-refractivity contribution < 1.29 is 4.79 Å². The smallest absolute Gasteiger partial charge is 0.270 e. The molecular weight excluding hydrogens is 262 g/mol. The molecule has 0 spiro atoms. The molecule has 3 rings (SSSR count). The molecule has 1 fully saturated rings. The number of benzene rings is 1. The first-order chi connectivity index (χ1) is 10.2. The van der Waals surface area contributed by atoms with Crippen molar-refractivity contribution in [3.8, 4) is 0 Å². The van der Waals surface area contributed by atoms with Crippen molar-refractivity contribution in [2.75, 3.05) is 13.1 Å². The molecule has 0 bridgehead atoms. The molecule has 0 aliphatic heterocycles. The van der Waals surface area contributed by atoms with Gasteiger partial charge in [0.15, 0.2) is 0 Å². The summed E-state index contributed by atoms with van der Waals surface area (Å²) in [7, 11) is 0. The molecule has 4 heteroatoms. The Bertz CT molecular complexity index is 642. The van der Waals surface area contributed by atoms with E-state index >= 15 is 0 Å². The van der Waals surface area contributed by atoms with Gasteiger partial charge < -0.3 is 11.1 Å². The van der Waals surface area contributed by atoms with Crippen LogP contribution in [0, 0.1) is 5.41 Å². The number of rotatable bonds is 4. The zero-order chi connectivity index (χ0) is 14.7. The molecule has 21 heavy (non-hydrogen) atoms. The van der Waals surface area contributed by atoms with E-state index in [2.05, 4.69) is 10.3 Å². The van der Waals surface area contributed by atoms with Crippen LogP contribution in [0.3, 0.4) is 0 Å². The number of carbonyl (C=O) groups excluding carboxylic acids is 1. The van der Waals surface area contributed by atoms with Crippen molar-refractivity contribution in [2.24, 2.45) is 11.1 Å². The monoisotopic (exact) mass is 283 g/mol. The predicted octanol–water partition coefficient (Wildman–Crippen LogP) is 2.48. The summed E-state index contributed by atoms with van der Waals surface area (Å²) < 4.78 is 0. The molecule has 0 saturated heterocycles. The number of hydrogen-bond donors (Lipinski definition) is 2.